The van der Waals surface area contributed by atoms with Crippen LogP contribution < -0.4 is 5.73 Å². The Morgan fingerprint density at radius 3 is 2.96 bits per heavy atom. The molecule has 0 aromatic carbocycles. The quantitative estimate of drug-likeness (QED) is 0.562. The monoisotopic (exact) mass is 344 g/mol. The summed E-state index contributed by atoms with van der Waals surface area (Å²) in [7, 11) is 0. The van der Waals surface area contributed by atoms with Gasteiger partial charge in [-0.25, -0.2) is 9.97 Å². The van der Waals surface area contributed by atoms with E-state index in [9.17, 15) is 10.2 Å². The summed E-state index contributed by atoms with van der Waals surface area (Å²) < 4.78 is 7.48. The average molecular weight is 344 g/mol. The Morgan fingerprint density at radius 1 is 1.40 bits per heavy atom. The lowest BCUT2D eigenvalue weighted by Gasteiger charge is -2.17. The number of fused-ring (bicyclic) bond motifs is 1. The lowest BCUT2D eigenvalue weighted by Crippen LogP contribution is -2.19. The van der Waals surface area contributed by atoms with Crippen LogP contribution in [0.5, 0.6) is 0 Å². The standard InChI is InChI=1S/C18H24N4O3/c1-2-3-4-5-6-7-12-9-22(17-15(12)16(19)20-11-21-17)18-14(24)8-13(10-23)25-18/h9,11,13-14,18,23-24H,2-5,8,10H2,1H3,(H2,19,20,21). The summed E-state index contributed by atoms with van der Waals surface area (Å²) in [6.45, 7) is 2.03. The molecule has 1 aliphatic heterocycles. The molecule has 3 rings (SSSR count). The second kappa shape index (κ2) is 7.83. The summed E-state index contributed by atoms with van der Waals surface area (Å²) in [5.74, 6) is 6.68. The number of anilines is 1. The van der Waals surface area contributed by atoms with Crippen LogP contribution in [0.4, 0.5) is 5.82 Å². The maximum Gasteiger partial charge on any atom is 0.161 e. The minimum absolute atomic E-state index is 0.131. The number of aliphatic hydroxyl groups excluding tert-OH is 2. The molecule has 0 saturated carbocycles. The van der Waals surface area contributed by atoms with Crippen molar-refractivity contribution in [3.63, 3.8) is 0 Å². The Kier molecular flexibility index (Phi) is 5.53. The maximum absolute atomic E-state index is 10.3. The summed E-state index contributed by atoms with van der Waals surface area (Å²) in [5.41, 5.74) is 7.34. The number of nitrogens with zero attached hydrogens (tertiary/aromatic N) is 3. The van der Waals surface area contributed by atoms with Crippen LogP contribution in [0.25, 0.3) is 11.0 Å². The van der Waals surface area contributed by atoms with Crippen LogP contribution >= 0.6 is 0 Å². The van der Waals surface area contributed by atoms with Crippen molar-refractivity contribution < 1.29 is 14.9 Å². The number of aromatic nitrogens is 3. The molecular formula is C18H24N4O3. The summed E-state index contributed by atoms with van der Waals surface area (Å²) in [6.07, 6.45) is 6.03. The van der Waals surface area contributed by atoms with Gasteiger partial charge in [-0.2, -0.15) is 0 Å². The summed E-state index contributed by atoms with van der Waals surface area (Å²) >= 11 is 0. The van der Waals surface area contributed by atoms with E-state index in [0.29, 0.717) is 23.3 Å². The van der Waals surface area contributed by atoms with E-state index in [1.807, 2.05) is 0 Å². The topological polar surface area (TPSA) is 106 Å². The molecule has 2 aromatic rings. The molecule has 25 heavy (non-hydrogen) atoms. The highest BCUT2D eigenvalue weighted by Crippen LogP contribution is 2.33. The highest BCUT2D eigenvalue weighted by atomic mass is 16.5. The largest absolute Gasteiger partial charge is 0.394 e. The molecule has 7 nitrogen and oxygen atoms in total. The first-order chi connectivity index (χ1) is 12.2. The van der Waals surface area contributed by atoms with Gasteiger partial charge in [-0.3, -0.25) is 0 Å². The van der Waals surface area contributed by atoms with Gasteiger partial charge < -0.3 is 25.3 Å². The third-order valence-corrected chi connectivity index (χ3v) is 4.41. The minimum atomic E-state index is -0.727. The maximum atomic E-state index is 10.3. The molecular weight excluding hydrogens is 320 g/mol. The Hall–Kier alpha value is -2.14. The van der Waals surface area contributed by atoms with Crippen molar-refractivity contribution in [3.05, 3.63) is 18.1 Å². The van der Waals surface area contributed by atoms with Gasteiger partial charge in [0.1, 0.15) is 23.9 Å². The molecule has 0 aliphatic carbocycles. The Bertz CT molecular complexity index is 793. The molecule has 1 fully saturated rings. The van der Waals surface area contributed by atoms with Crippen LogP contribution in [0, 0.1) is 11.8 Å². The first kappa shape index (κ1) is 17.7. The van der Waals surface area contributed by atoms with Gasteiger partial charge in [-0.05, 0) is 6.42 Å². The molecule has 0 amide bonds. The number of hydrogen-bond acceptors (Lipinski definition) is 6. The highest BCUT2D eigenvalue weighted by Gasteiger charge is 2.36. The number of rotatable bonds is 5. The van der Waals surface area contributed by atoms with Crippen molar-refractivity contribution in [2.75, 3.05) is 12.3 Å². The molecule has 7 heteroatoms. The van der Waals surface area contributed by atoms with E-state index in [-0.39, 0.29) is 12.7 Å². The fourth-order valence-electron chi connectivity index (χ4n) is 3.12. The van der Waals surface area contributed by atoms with E-state index in [2.05, 4.69) is 28.7 Å². The van der Waals surface area contributed by atoms with Crippen molar-refractivity contribution >= 4 is 16.9 Å². The predicted molar refractivity (Wildman–Crippen MR) is 94.6 cm³/mol. The van der Waals surface area contributed by atoms with E-state index in [4.69, 9.17) is 10.5 Å². The van der Waals surface area contributed by atoms with Gasteiger partial charge in [0.05, 0.1) is 23.7 Å². The predicted octanol–water partition coefficient (Wildman–Crippen LogP) is 1.59. The average Bonchev–Trinajstić information content (AvgIpc) is 3.16. The van der Waals surface area contributed by atoms with Gasteiger partial charge >= 0.3 is 0 Å². The summed E-state index contributed by atoms with van der Waals surface area (Å²) in [4.78, 5) is 8.36. The number of ether oxygens (including phenoxy) is 1. The number of hydrogen-bond donors (Lipinski definition) is 3. The molecule has 0 radical (unpaired) electrons. The molecule has 4 N–H and O–H groups in total. The molecule has 0 spiro atoms. The van der Waals surface area contributed by atoms with Gasteiger partial charge in [0.15, 0.2) is 6.23 Å². The van der Waals surface area contributed by atoms with E-state index < -0.39 is 12.3 Å². The normalized spacial score (nSPS) is 22.9. The van der Waals surface area contributed by atoms with E-state index in [1.54, 1.807) is 10.8 Å². The number of nitrogen functional groups attached to an aromatic ring is 1. The van der Waals surface area contributed by atoms with Gasteiger partial charge in [-0.15, -0.1) is 0 Å². The zero-order valence-electron chi connectivity index (χ0n) is 14.4. The first-order valence-electron chi connectivity index (χ1n) is 8.70. The van der Waals surface area contributed by atoms with Crippen molar-refractivity contribution in [1.29, 1.82) is 0 Å². The van der Waals surface area contributed by atoms with Gasteiger partial charge in [0.2, 0.25) is 0 Å². The molecule has 3 unspecified atom stereocenters. The lowest BCUT2D eigenvalue weighted by molar-refractivity contribution is -0.0484. The second-order valence-corrected chi connectivity index (χ2v) is 6.30. The SMILES string of the molecule is CCCCCC#Cc1cn(C2OC(CO)CC2O)c2ncnc(N)c12. The Labute approximate surface area is 146 Å². The molecule has 1 saturated heterocycles. The third-order valence-electron chi connectivity index (χ3n) is 4.41. The number of aliphatic hydroxyl groups is 2. The fraction of sp³-hybridized carbons (Fsp3) is 0.556. The van der Waals surface area contributed by atoms with Crippen molar-refractivity contribution in [2.24, 2.45) is 0 Å². The number of unbranched alkanes of at least 4 members (excludes halogenated alkanes) is 3. The van der Waals surface area contributed by atoms with Crippen LogP contribution in [0.15, 0.2) is 12.5 Å². The summed E-state index contributed by atoms with van der Waals surface area (Å²) in [6, 6.07) is 0. The molecule has 1 aliphatic rings. The van der Waals surface area contributed by atoms with Crippen LogP contribution in [-0.4, -0.2) is 43.6 Å². The fourth-order valence-corrected chi connectivity index (χ4v) is 3.12. The zero-order chi connectivity index (χ0) is 17.8. The van der Waals surface area contributed by atoms with Gasteiger partial charge in [0.25, 0.3) is 0 Å². The van der Waals surface area contributed by atoms with E-state index in [1.165, 1.54) is 6.33 Å². The molecule has 0 bridgehead atoms. The molecule has 3 heterocycles. The Morgan fingerprint density at radius 2 is 2.24 bits per heavy atom. The molecule has 2 aromatic heterocycles. The van der Waals surface area contributed by atoms with Crippen LogP contribution in [0.1, 0.15) is 50.8 Å². The number of nitrogens with two attached hydrogens (primary N) is 1. The second-order valence-electron chi connectivity index (χ2n) is 6.30. The van der Waals surface area contributed by atoms with Gasteiger partial charge in [-0.1, -0.05) is 31.6 Å². The van der Waals surface area contributed by atoms with Crippen molar-refractivity contribution in [1.82, 2.24) is 14.5 Å². The highest BCUT2D eigenvalue weighted by molar-refractivity contribution is 5.92. The van der Waals surface area contributed by atoms with Crippen LogP contribution in [0.3, 0.4) is 0 Å². The van der Waals surface area contributed by atoms with Crippen molar-refractivity contribution in [2.45, 2.75) is 57.5 Å². The Balaban J connectivity index is 1.96. The summed E-state index contributed by atoms with van der Waals surface area (Å²) in [5, 5.41) is 20.2. The smallest absolute Gasteiger partial charge is 0.161 e. The first-order valence-corrected chi connectivity index (χ1v) is 8.70. The lowest BCUT2D eigenvalue weighted by atomic mass is 10.2. The van der Waals surface area contributed by atoms with Crippen molar-refractivity contribution in [3.8, 4) is 11.8 Å². The van der Waals surface area contributed by atoms with E-state index in [0.717, 1.165) is 31.2 Å². The molecule has 134 valence electrons. The zero-order valence-corrected chi connectivity index (χ0v) is 14.4. The van der Waals surface area contributed by atoms with Crippen LogP contribution in [0.2, 0.25) is 0 Å². The third kappa shape index (κ3) is 3.61. The minimum Gasteiger partial charge on any atom is -0.394 e. The van der Waals surface area contributed by atoms with Gasteiger partial charge in [0, 0.05) is 19.0 Å². The molecule has 3 atom stereocenters. The van der Waals surface area contributed by atoms with Crippen LogP contribution in [-0.2, 0) is 4.74 Å². The van der Waals surface area contributed by atoms with E-state index >= 15 is 0 Å².